The molecule has 0 aromatic heterocycles. The van der Waals surface area contributed by atoms with Gasteiger partial charge in [0.2, 0.25) is 0 Å². The van der Waals surface area contributed by atoms with Crippen molar-refractivity contribution in [3.63, 3.8) is 0 Å². The summed E-state index contributed by atoms with van der Waals surface area (Å²) in [6, 6.07) is 4.49. The molecular weight excluding hydrogens is 519 g/mol. The van der Waals surface area contributed by atoms with Crippen molar-refractivity contribution in [1.29, 1.82) is 0 Å². The highest BCUT2D eigenvalue weighted by molar-refractivity contribution is 5.33. The molecule has 1 rings (SSSR count). The number of halogens is 13. The Morgan fingerprint density at radius 3 is 1.69 bits per heavy atom. The minimum absolute atomic E-state index is 0.00289. The topological polar surface area (TPSA) is 18.5 Å². The molecule has 0 saturated carbocycles. The molecule has 1 aromatic carbocycles. The summed E-state index contributed by atoms with van der Waals surface area (Å²) >= 11 is 0. The van der Waals surface area contributed by atoms with E-state index >= 15 is 0 Å². The summed E-state index contributed by atoms with van der Waals surface area (Å²) < 4.78 is 184. The van der Waals surface area contributed by atoms with Gasteiger partial charge in [0.15, 0.2) is 0 Å². The summed E-state index contributed by atoms with van der Waals surface area (Å²) in [6.07, 6.45) is -9.91. The third-order valence-corrected chi connectivity index (χ3v) is 5.37. The van der Waals surface area contributed by atoms with Gasteiger partial charge in [-0.15, -0.1) is 0 Å². The maximum Gasteiger partial charge on any atom is 0.460 e. The average molecular weight is 540 g/mol. The van der Waals surface area contributed by atoms with E-state index in [2.05, 4.69) is 0 Å². The quantitative estimate of drug-likeness (QED) is 0.266. The van der Waals surface area contributed by atoms with Gasteiger partial charge in [-0.05, 0) is 38.0 Å². The van der Waals surface area contributed by atoms with Gasteiger partial charge in [0.05, 0.1) is 18.1 Å². The van der Waals surface area contributed by atoms with Crippen molar-refractivity contribution >= 4 is 0 Å². The van der Waals surface area contributed by atoms with Gasteiger partial charge in [-0.3, -0.25) is 0 Å². The molecule has 2 nitrogen and oxygen atoms in total. The molecule has 0 aliphatic rings. The van der Waals surface area contributed by atoms with Gasteiger partial charge in [0.25, 0.3) is 0 Å². The molecule has 0 bridgehead atoms. The zero-order chi connectivity index (χ0) is 27.9. The Hall–Kier alpha value is -1.93. The second kappa shape index (κ2) is 9.51. The fraction of sp³-hybridized carbons (Fsp3) is 0.700. The number of rotatable bonds is 11. The first kappa shape index (κ1) is 31.1. The van der Waals surface area contributed by atoms with E-state index in [1.165, 1.54) is 12.1 Å². The summed E-state index contributed by atoms with van der Waals surface area (Å²) in [5.74, 6) is -37.2. The molecule has 15 heteroatoms. The van der Waals surface area contributed by atoms with Crippen molar-refractivity contribution < 1.29 is 66.5 Å². The fourth-order valence-electron chi connectivity index (χ4n) is 2.84. The first-order valence-corrected chi connectivity index (χ1v) is 9.73. The van der Waals surface area contributed by atoms with Crippen molar-refractivity contribution in [2.24, 2.45) is 0 Å². The van der Waals surface area contributed by atoms with E-state index in [1.54, 1.807) is 13.8 Å². The largest absolute Gasteiger partial charge is 0.491 e. The van der Waals surface area contributed by atoms with Crippen molar-refractivity contribution in [2.45, 2.75) is 81.1 Å². The second-order valence-corrected chi connectivity index (χ2v) is 7.98. The summed E-state index contributed by atoms with van der Waals surface area (Å²) in [6.45, 7) is 3.99. The van der Waals surface area contributed by atoms with Gasteiger partial charge >= 0.3 is 35.8 Å². The lowest BCUT2D eigenvalue weighted by molar-refractivity contribution is -0.441. The number of alkyl halides is 13. The lowest BCUT2D eigenvalue weighted by Gasteiger charge is -2.42. The van der Waals surface area contributed by atoms with Crippen LogP contribution in [0.15, 0.2) is 24.3 Å². The van der Waals surface area contributed by atoms with Crippen LogP contribution < -0.4 is 4.74 Å². The van der Waals surface area contributed by atoms with E-state index in [0.717, 1.165) is 12.1 Å². The van der Waals surface area contributed by atoms with Gasteiger partial charge in [-0.1, -0.05) is 19.1 Å². The van der Waals surface area contributed by atoms with Crippen LogP contribution in [0.3, 0.4) is 0 Å². The molecule has 0 aliphatic heterocycles. The van der Waals surface area contributed by atoms with Gasteiger partial charge in [-0.2, -0.15) is 57.1 Å². The van der Waals surface area contributed by atoms with Crippen molar-refractivity contribution in [1.82, 2.24) is 0 Å². The number of methoxy groups -OCH3 is 1. The third kappa shape index (κ3) is 5.29. The van der Waals surface area contributed by atoms with Crippen molar-refractivity contribution in [3.8, 4) is 5.75 Å². The molecule has 35 heavy (non-hydrogen) atoms. The normalized spacial score (nSPS) is 17.2. The van der Waals surface area contributed by atoms with E-state index in [4.69, 9.17) is 9.47 Å². The van der Waals surface area contributed by atoms with Crippen molar-refractivity contribution in [3.05, 3.63) is 29.8 Å². The standard InChI is InChI=1S/C20H21F13O2/c1-5-11(2)35-13-8-6-7-12(9-13)14(3,34-4)10-15(21,22)16(23,24)17(25,26)18(27,28)19(29,30)20(31,32)33/h6-9,11H,5,10H2,1-4H3. The Labute approximate surface area is 191 Å². The van der Waals surface area contributed by atoms with Crippen LogP contribution in [0.1, 0.15) is 39.2 Å². The summed E-state index contributed by atoms with van der Waals surface area (Å²) in [5, 5.41) is 0. The van der Waals surface area contributed by atoms with Crippen LogP contribution in [-0.2, 0) is 10.3 Å². The van der Waals surface area contributed by atoms with Gasteiger partial charge < -0.3 is 9.47 Å². The molecule has 1 aromatic rings. The van der Waals surface area contributed by atoms with E-state index < -0.39 is 59.5 Å². The second-order valence-electron chi connectivity index (χ2n) is 7.98. The molecule has 0 heterocycles. The van der Waals surface area contributed by atoms with Crippen LogP contribution in [0.5, 0.6) is 5.75 Å². The molecule has 0 aliphatic carbocycles. The van der Waals surface area contributed by atoms with E-state index in [1.807, 2.05) is 0 Å². The molecule has 0 spiro atoms. The van der Waals surface area contributed by atoms with Crippen LogP contribution in [0, 0.1) is 0 Å². The summed E-state index contributed by atoms with van der Waals surface area (Å²) in [5.41, 5.74) is -3.04. The lowest BCUT2D eigenvalue weighted by Crippen LogP contribution is -2.70. The fourth-order valence-corrected chi connectivity index (χ4v) is 2.84. The lowest BCUT2D eigenvalue weighted by atomic mass is 9.84. The SMILES string of the molecule is CCC(C)Oc1cccc(C(C)(CC(F)(F)C(F)(F)C(F)(F)C(F)(F)C(F)(F)C(F)(F)F)OC)c1. The minimum Gasteiger partial charge on any atom is -0.491 e. The average Bonchev–Trinajstić information content (AvgIpc) is 2.72. The minimum atomic E-state index is -7.95. The smallest absolute Gasteiger partial charge is 0.460 e. The number of hydrogen-bond donors (Lipinski definition) is 0. The molecule has 0 amide bonds. The molecule has 0 saturated heterocycles. The Bertz CT molecular complexity index is 867. The Balaban J connectivity index is 3.49. The van der Waals surface area contributed by atoms with E-state index in [0.29, 0.717) is 20.5 Å². The highest BCUT2D eigenvalue weighted by Crippen LogP contribution is 2.61. The number of benzene rings is 1. The number of ether oxygens (including phenoxy) is 2. The Morgan fingerprint density at radius 2 is 1.26 bits per heavy atom. The summed E-state index contributed by atoms with van der Waals surface area (Å²) in [4.78, 5) is 0. The molecule has 0 radical (unpaired) electrons. The number of hydrogen-bond acceptors (Lipinski definition) is 2. The van der Waals surface area contributed by atoms with Crippen LogP contribution in [0.2, 0.25) is 0 Å². The van der Waals surface area contributed by atoms with Gasteiger partial charge in [0, 0.05) is 7.11 Å². The molecule has 204 valence electrons. The molecule has 2 atom stereocenters. The zero-order valence-electron chi connectivity index (χ0n) is 18.5. The molecule has 0 N–H and O–H groups in total. The van der Waals surface area contributed by atoms with Crippen LogP contribution in [-0.4, -0.2) is 49.0 Å². The zero-order valence-corrected chi connectivity index (χ0v) is 18.5. The monoisotopic (exact) mass is 540 g/mol. The van der Waals surface area contributed by atoms with Gasteiger partial charge in [-0.25, -0.2) is 0 Å². The Morgan fingerprint density at radius 1 is 0.771 bits per heavy atom. The molecule has 2 unspecified atom stereocenters. The van der Waals surface area contributed by atoms with E-state index in [9.17, 15) is 57.1 Å². The summed E-state index contributed by atoms with van der Waals surface area (Å²) in [7, 11) is 0.668. The predicted molar refractivity (Wildman–Crippen MR) is 96.6 cm³/mol. The van der Waals surface area contributed by atoms with Crippen LogP contribution in [0.25, 0.3) is 0 Å². The van der Waals surface area contributed by atoms with Crippen LogP contribution >= 0.6 is 0 Å². The molecule has 0 fully saturated rings. The van der Waals surface area contributed by atoms with Crippen LogP contribution in [0.4, 0.5) is 57.1 Å². The molecular formula is C20H21F13O2. The van der Waals surface area contributed by atoms with E-state index in [-0.39, 0.29) is 5.75 Å². The Kier molecular flexibility index (Phi) is 8.45. The third-order valence-electron chi connectivity index (χ3n) is 5.37. The maximum atomic E-state index is 14.4. The first-order chi connectivity index (χ1) is 15.4. The maximum absolute atomic E-state index is 14.4. The highest BCUT2D eigenvalue weighted by atomic mass is 19.4. The first-order valence-electron chi connectivity index (χ1n) is 9.73. The predicted octanol–water partition coefficient (Wildman–Crippen LogP) is 7.85. The van der Waals surface area contributed by atoms with Crippen molar-refractivity contribution in [2.75, 3.05) is 7.11 Å². The highest BCUT2D eigenvalue weighted by Gasteiger charge is 2.90. The van der Waals surface area contributed by atoms with Gasteiger partial charge in [0.1, 0.15) is 5.75 Å².